The molecule has 1 aromatic carbocycles. The predicted molar refractivity (Wildman–Crippen MR) is 74.3 cm³/mol. The van der Waals surface area contributed by atoms with Crippen molar-refractivity contribution in [3.8, 4) is 0 Å². The molecule has 0 bridgehead atoms. The lowest BCUT2D eigenvalue weighted by Crippen LogP contribution is -2.40. The molecule has 4 nitrogen and oxygen atoms in total. The number of halogens is 1. The molecule has 0 radical (unpaired) electrons. The number of nitrogen functional groups attached to an aromatic ring is 1. The van der Waals surface area contributed by atoms with Crippen LogP contribution in [-0.2, 0) is 0 Å². The predicted octanol–water partition coefficient (Wildman–Crippen LogP) is 2.07. The number of rotatable bonds is 3. The van der Waals surface area contributed by atoms with Gasteiger partial charge in [0.2, 0.25) is 0 Å². The van der Waals surface area contributed by atoms with Crippen molar-refractivity contribution in [2.75, 3.05) is 12.3 Å². The van der Waals surface area contributed by atoms with Crippen LogP contribution in [0.5, 0.6) is 0 Å². The monoisotopic (exact) mass is 312 g/mol. The smallest absolute Gasteiger partial charge is 0.253 e. The van der Waals surface area contributed by atoms with E-state index in [-0.39, 0.29) is 5.91 Å². The Labute approximate surface area is 115 Å². The van der Waals surface area contributed by atoms with Gasteiger partial charge in [0.1, 0.15) is 0 Å². The van der Waals surface area contributed by atoms with Crippen molar-refractivity contribution in [1.29, 1.82) is 0 Å². The van der Waals surface area contributed by atoms with E-state index in [0.717, 1.165) is 30.2 Å². The fraction of sp³-hybridized carbons (Fsp3) is 0.462. The Morgan fingerprint density at radius 2 is 2.11 bits per heavy atom. The number of nitrogens with one attached hydrogen (secondary N) is 1. The van der Waals surface area contributed by atoms with Crippen LogP contribution in [0.2, 0.25) is 0 Å². The van der Waals surface area contributed by atoms with Crippen molar-refractivity contribution in [3.05, 3.63) is 28.2 Å². The maximum atomic E-state index is 12.0. The van der Waals surface area contributed by atoms with E-state index in [1.54, 1.807) is 18.2 Å². The van der Waals surface area contributed by atoms with Gasteiger partial charge < -0.3 is 16.2 Å². The number of hydrogen-bond donors (Lipinski definition) is 3. The van der Waals surface area contributed by atoms with Crippen LogP contribution in [0, 0.1) is 0 Å². The van der Waals surface area contributed by atoms with Gasteiger partial charge in [-0.3, -0.25) is 4.79 Å². The van der Waals surface area contributed by atoms with Crippen LogP contribution in [0.4, 0.5) is 5.69 Å². The third kappa shape index (κ3) is 3.03. The van der Waals surface area contributed by atoms with E-state index in [1.807, 2.05) is 0 Å². The number of carbonyl (C=O) groups excluding carboxylic acids is 1. The SMILES string of the molecule is Nc1cc(Br)ccc1C(=O)NCC1(O)CCCC1. The Morgan fingerprint density at radius 3 is 2.72 bits per heavy atom. The first-order valence-corrected chi connectivity index (χ1v) is 6.85. The lowest BCUT2D eigenvalue weighted by Gasteiger charge is -2.22. The second-order valence-electron chi connectivity index (χ2n) is 4.85. The van der Waals surface area contributed by atoms with E-state index in [9.17, 15) is 9.90 Å². The van der Waals surface area contributed by atoms with E-state index in [1.165, 1.54) is 0 Å². The van der Waals surface area contributed by atoms with E-state index >= 15 is 0 Å². The summed E-state index contributed by atoms with van der Waals surface area (Å²) in [5.41, 5.74) is 5.92. The minimum Gasteiger partial charge on any atom is -0.398 e. The Kier molecular flexibility index (Phi) is 3.92. The quantitative estimate of drug-likeness (QED) is 0.748. The molecule has 1 saturated carbocycles. The van der Waals surface area contributed by atoms with Gasteiger partial charge in [0.25, 0.3) is 5.91 Å². The zero-order chi connectivity index (χ0) is 13.2. The van der Waals surface area contributed by atoms with Crippen molar-refractivity contribution in [1.82, 2.24) is 5.32 Å². The van der Waals surface area contributed by atoms with E-state index < -0.39 is 5.60 Å². The molecule has 5 heteroatoms. The van der Waals surface area contributed by atoms with E-state index in [0.29, 0.717) is 17.8 Å². The number of carbonyl (C=O) groups is 1. The van der Waals surface area contributed by atoms with Gasteiger partial charge in [-0.25, -0.2) is 0 Å². The maximum absolute atomic E-state index is 12.0. The molecule has 1 aliphatic rings. The number of amides is 1. The summed E-state index contributed by atoms with van der Waals surface area (Å²) in [6.07, 6.45) is 3.55. The highest BCUT2D eigenvalue weighted by Crippen LogP contribution is 2.28. The molecule has 1 aromatic rings. The molecule has 0 aliphatic heterocycles. The third-order valence-corrected chi connectivity index (χ3v) is 3.86. The Morgan fingerprint density at radius 1 is 1.44 bits per heavy atom. The number of hydrogen-bond acceptors (Lipinski definition) is 3. The normalized spacial score (nSPS) is 17.7. The highest BCUT2D eigenvalue weighted by molar-refractivity contribution is 9.10. The molecule has 0 saturated heterocycles. The first-order valence-electron chi connectivity index (χ1n) is 6.06. The Bertz CT molecular complexity index is 456. The fourth-order valence-electron chi connectivity index (χ4n) is 2.29. The molecule has 0 atom stereocenters. The summed E-state index contributed by atoms with van der Waals surface area (Å²) in [4.78, 5) is 12.0. The highest BCUT2D eigenvalue weighted by Gasteiger charge is 2.31. The summed E-state index contributed by atoms with van der Waals surface area (Å²) < 4.78 is 0.839. The van der Waals surface area contributed by atoms with Crippen LogP contribution in [0.3, 0.4) is 0 Å². The van der Waals surface area contributed by atoms with Crippen LogP contribution < -0.4 is 11.1 Å². The topological polar surface area (TPSA) is 75.4 Å². The van der Waals surface area contributed by atoms with E-state index in [4.69, 9.17) is 5.73 Å². The van der Waals surface area contributed by atoms with Crippen LogP contribution in [0.15, 0.2) is 22.7 Å². The summed E-state index contributed by atoms with van der Waals surface area (Å²) >= 11 is 3.30. The molecule has 4 N–H and O–H groups in total. The van der Waals surface area contributed by atoms with Gasteiger partial charge in [-0.15, -0.1) is 0 Å². The number of anilines is 1. The molecule has 0 aromatic heterocycles. The summed E-state index contributed by atoms with van der Waals surface area (Å²) in [6.45, 7) is 0.293. The van der Waals surface area contributed by atoms with E-state index in [2.05, 4.69) is 21.2 Å². The first-order chi connectivity index (χ1) is 8.50. The lowest BCUT2D eigenvalue weighted by atomic mass is 10.0. The van der Waals surface area contributed by atoms with Crippen LogP contribution in [0.25, 0.3) is 0 Å². The third-order valence-electron chi connectivity index (χ3n) is 3.37. The van der Waals surface area contributed by atoms with Crippen molar-refractivity contribution in [2.45, 2.75) is 31.3 Å². The molecule has 98 valence electrons. The summed E-state index contributed by atoms with van der Waals surface area (Å²) in [7, 11) is 0. The molecule has 0 unspecified atom stereocenters. The number of benzene rings is 1. The van der Waals surface area contributed by atoms with Gasteiger partial charge >= 0.3 is 0 Å². The molecule has 1 fully saturated rings. The largest absolute Gasteiger partial charge is 0.398 e. The average molecular weight is 313 g/mol. The van der Waals surface area contributed by atoms with Crippen LogP contribution in [-0.4, -0.2) is 23.2 Å². The van der Waals surface area contributed by atoms with Crippen molar-refractivity contribution < 1.29 is 9.90 Å². The second-order valence-corrected chi connectivity index (χ2v) is 5.76. The van der Waals surface area contributed by atoms with Gasteiger partial charge in [-0.2, -0.15) is 0 Å². The number of nitrogens with two attached hydrogens (primary N) is 1. The number of aliphatic hydroxyl groups is 1. The maximum Gasteiger partial charge on any atom is 0.253 e. The summed E-state index contributed by atoms with van der Waals surface area (Å²) in [6, 6.07) is 5.14. The molecular weight excluding hydrogens is 296 g/mol. The summed E-state index contributed by atoms with van der Waals surface area (Å²) in [5, 5.41) is 12.9. The first kappa shape index (κ1) is 13.4. The Hall–Kier alpha value is -1.07. The minimum atomic E-state index is -0.736. The van der Waals surface area contributed by atoms with Crippen LogP contribution >= 0.6 is 15.9 Å². The second kappa shape index (κ2) is 5.28. The van der Waals surface area contributed by atoms with Gasteiger partial charge in [0.15, 0.2) is 0 Å². The fourth-order valence-corrected chi connectivity index (χ4v) is 2.67. The average Bonchev–Trinajstić information content (AvgIpc) is 2.74. The van der Waals surface area contributed by atoms with Gasteiger partial charge in [-0.05, 0) is 31.0 Å². The molecule has 1 aliphatic carbocycles. The zero-order valence-corrected chi connectivity index (χ0v) is 11.7. The minimum absolute atomic E-state index is 0.236. The zero-order valence-electron chi connectivity index (χ0n) is 10.1. The highest BCUT2D eigenvalue weighted by atomic mass is 79.9. The molecule has 0 heterocycles. The molecule has 2 rings (SSSR count). The Balaban J connectivity index is 1.99. The summed E-state index contributed by atoms with van der Waals surface area (Å²) in [5.74, 6) is -0.236. The van der Waals surface area contributed by atoms with Crippen molar-refractivity contribution in [3.63, 3.8) is 0 Å². The van der Waals surface area contributed by atoms with Crippen LogP contribution in [0.1, 0.15) is 36.0 Å². The van der Waals surface area contributed by atoms with Crippen molar-refractivity contribution >= 4 is 27.5 Å². The lowest BCUT2D eigenvalue weighted by molar-refractivity contribution is 0.0450. The molecular formula is C13H17BrN2O2. The molecule has 1 amide bonds. The van der Waals surface area contributed by atoms with Gasteiger partial charge in [-0.1, -0.05) is 28.8 Å². The van der Waals surface area contributed by atoms with Gasteiger partial charge in [0.05, 0.1) is 11.2 Å². The van der Waals surface area contributed by atoms with Crippen molar-refractivity contribution in [2.24, 2.45) is 0 Å². The molecule has 0 spiro atoms. The standard InChI is InChI=1S/C13H17BrN2O2/c14-9-3-4-10(11(15)7-9)12(17)16-8-13(18)5-1-2-6-13/h3-4,7,18H,1-2,5-6,8,15H2,(H,16,17). The van der Waals surface area contributed by atoms with Gasteiger partial charge in [0, 0.05) is 16.7 Å². The molecule has 18 heavy (non-hydrogen) atoms.